The van der Waals surface area contributed by atoms with E-state index in [1.165, 1.54) is 0 Å². The lowest BCUT2D eigenvalue weighted by Gasteiger charge is -2.60. The van der Waals surface area contributed by atoms with Crippen molar-refractivity contribution in [1.82, 2.24) is 0 Å². The minimum atomic E-state index is -1.57. The van der Waals surface area contributed by atoms with Gasteiger partial charge in [0.1, 0.15) is 24.4 Å². The topological polar surface area (TPSA) is 264 Å². The first kappa shape index (κ1) is 47.8. The summed E-state index contributed by atoms with van der Waals surface area (Å²) in [6, 6.07) is 0. The molecule has 0 saturated heterocycles. The standard InChI is InChI=1S/2C22H30O5.C4H6O4/c2*1-12-8-14-15-5-7-22(27,18(26)11-23)21(15,3)10-17(25)19(14)20(2)6-4-13(24)9-16(12)20;5-3(6)1-2-4(7)8/h2*4,6,9,12,14-15,17,19,23,25,27H,5,7-8,10-11H2,1-3H3;1-2H2,(H,5,6)(H,7,8)/t2*12-,14-,15-,17-,19+,20-,21-,22-;/m00./s1. The molecule has 0 aliphatic heterocycles. The lowest BCUT2D eigenvalue weighted by atomic mass is 9.45. The number of carbonyl (C=O) groups is 6. The van der Waals surface area contributed by atoms with Gasteiger partial charge in [-0.1, -0.05) is 64.8 Å². The summed E-state index contributed by atoms with van der Waals surface area (Å²) in [5.74, 6) is -2.31. The maximum absolute atomic E-state index is 12.4. The second-order valence-electron chi connectivity index (χ2n) is 20.7. The summed E-state index contributed by atoms with van der Waals surface area (Å²) in [4.78, 5) is 68.0. The second-order valence-corrected chi connectivity index (χ2v) is 20.7. The van der Waals surface area contributed by atoms with Gasteiger partial charge in [0.15, 0.2) is 23.1 Å². The number of allylic oxidation sites excluding steroid dienone is 8. The molecular weight excluding hydrogens is 801 g/mol. The van der Waals surface area contributed by atoms with Crippen molar-refractivity contribution < 1.29 is 69.6 Å². The molecule has 8 aliphatic rings. The molecule has 0 aromatic carbocycles. The third kappa shape index (κ3) is 7.34. The third-order valence-corrected chi connectivity index (χ3v) is 17.7. The Balaban J connectivity index is 0.000000176. The summed E-state index contributed by atoms with van der Waals surface area (Å²) in [5, 5.41) is 79.5. The lowest BCUT2D eigenvalue weighted by molar-refractivity contribution is -0.180. The minimum absolute atomic E-state index is 0.00620. The van der Waals surface area contributed by atoms with Crippen molar-refractivity contribution in [3.05, 3.63) is 47.6 Å². The zero-order valence-corrected chi connectivity index (χ0v) is 36.8. The van der Waals surface area contributed by atoms with Crippen LogP contribution in [0, 0.1) is 69.0 Å². The predicted octanol–water partition coefficient (Wildman–Crippen LogP) is 3.54. The lowest BCUT2D eigenvalue weighted by Crippen LogP contribution is -2.62. The van der Waals surface area contributed by atoms with Crippen LogP contribution in [0.3, 0.4) is 0 Å². The molecule has 0 aromatic rings. The van der Waals surface area contributed by atoms with Crippen LogP contribution in [0.2, 0.25) is 0 Å². The second kappa shape index (κ2) is 16.7. The van der Waals surface area contributed by atoms with Crippen LogP contribution in [0.25, 0.3) is 0 Å². The summed E-state index contributed by atoms with van der Waals surface area (Å²) in [7, 11) is 0. The molecule has 0 radical (unpaired) electrons. The first-order chi connectivity index (χ1) is 28.8. The molecule has 6 saturated carbocycles. The van der Waals surface area contributed by atoms with Crippen LogP contribution in [0.15, 0.2) is 47.6 Å². The number of carbonyl (C=O) groups excluding carboxylic acids is 4. The molecule has 0 spiro atoms. The maximum atomic E-state index is 12.4. The summed E-state index contributed by atoms with van der Waals surface area (Å²) in [6.07, 6.45) is 13.1. The molecular formula is C48H66O14. The summed E-state index contributed by atoms with van der Waals surface area (Å²) < 4.78 is 0. The van der Waals surface area contributed by atoms with Gasteiger partial charge in [-0.3, -0.25) is 28.8 Å². The number of rotatable bonds is 7. The van der Waals surface area contributed by atoms with Crippen molar-refractivity contribution in [2.45, 2.75) is 129 Å². The Morgan fingerprint density at radius 1 is 0.629 bits per heavy atom. The van der Waals surface area contributed by atoms with Crippen LogP contribution in [-0.2, 0) is 28.8 Å². The summed E-state index contributed by atoms with van der Waals surface area (Å²) in [6.45, 7) is 11.0. The molecule has 0 heterocycles. The van der Waals surface area contributed by atoms with E-state index in [4.69, 9.17) is 10.2 Å². The number of carboxylic acid groups (broad SMARTS) is 2. The Morgan fingerprint density at radius 2 is 0.968 bits per heavy atom. The smallest absolute Gasteiger partial charge is 0.303 e. The number of aliphatic carboxylic acids is 2. The van der Waals surface area contributed by atoms with Crippen molar-refractivity contribution in [1.29, 1.82) is 0 Å². The largest absolute Gasteiger partial charge is 0.481 e. The average molecular weight is 867 g/mol. The number of fused-ring (bicyclic) bond motifs is 10. The fourth-order valence-corrected chi connectivity index (χ4v) is 14.9. The molecule has 16 atom stereocenters. The van der Waals surface area contributed by atoms with Crippen LogP contribution < -0.4 is 0 Å². The molecule has 0 unspecified atom stereocenters. The van der Waals surface area contributed by atoms with Gasteiger partial charge >= 0.3 is 11.9 Å². The Bertz CT molecular complexity index is 1860. The van der Waals surface area contributed by atoms with Gasteiger partial charge in [0.25, 0.3) is 0 Å². The van der Waals surface area contributed by atoms with Crippen molar-refractivity contribution in [3.63, 3.8) is 0 Å². The average Bonchev–Trinajstić information content (AvgIpc) is 3.63. The van der Waals surface area contributed by atoms with Gasteiger partial charge < -0.3 is 40.9 Å². The third-order valence-electron chi connectivity index (χ3n) is 17.7. The molecule has 0 aromatic heterocycles. The molecule has 0 amide bonds. The van der Waals surface area contributed by atoms with E-state index in [1.807, 2.05) is 26.0 Å². The van der Waals surface area contributed by atoms with E-state index in [0.29, 0.717) is 25.7 Å². The van der Waals surface area contributed by atoms with E-state index in [9.17, 15) is 59.4 Å². The zero-order valence-electron chi connectivity index (χ0n) is 36.8. The minimum Gasteiger partial charge on any atom is -0.481 e. The van der Waals surface area contributed by atoms with Gasteiger partial charge in [0.2, 0.25) is 0 Å². The monoisotopic (exact) mass is 866 g/mol. The fraction of sp³-hybridized carbons (Fsp3) is 0.708. The Hall–Kier alpha value is -3.66. The van der Waals surface area contributed by atoms with Gasteiger partial charge in [-0.05, 0) is 111 Å². The van der Waals surface area contributed by atoms with Crippen LogP contribution in [0.4, 0.5) is 0 Å². The van der Waals surface area contributed by atoms with E-state index < -0.39 is 71.0 Å². The molecule has 342 valence electrons. The van der Waals surface area contributed by atoms with E-state index in [1.54, 1.807) is 24.3 Å². The highest BCUT2D eigenvalue weighted by atomic mass is 16.4. The quantitative estimate of drug-likeness (QED) is 0.182. The van der Waals surface area contributed by atoms with Crippen molar-refractivity contribution >= 4 is 35.1 Å². The summed E-state index contributed by atoms with van der Waals surface area (Å²) >= 11 is 0. The molecule has 8 aliphatic carbocycles. The van der Waals surface area contributed by atoms with E-state index >= 15 is 0 Å². The van der Waals surface area contributed by atoms with Crippen molar-refractivity contribution in [3.8, 4) is 0 Å². The van der Waals surface area contributed by atoms with Gasteiger partial charge in [-0.2, -0.15) is 0 Å². The number of Topliss-reactive ketones (excluding diaryl/α,β-unsaturated/α-hetero) is 2. The van der Waals surface area contributed by atoms with Gasteiger partial charge in [-0.15, -0.1) is 0 Å². The normalized spacial score (nSPS) is 45.7. The number of hydrogen-bond donors (Lipinski definition) is 8. The molecule has 62 heavy (non-hydrogen) atoms. The molecule has 6 fully saturated rings. The van der Waals surface area contributed by atoms with E-state index in [-0.39, 0.29) is 82.6 Å². The number of ketones is 4. The predicted molar refractivity (Wildman–Crippen MR) is 224 cm³/mol. The van der Waals surface area contributed by atoms with E-state index in [2.05, 4.69) is 27.7 Å². The first-order valence-corrected chi connectivity index (χ1v) is 22.2. The molecule has 14 heteroatoms. The maximum Gasteiger partial charge on any atom is 0.303 e. The Labute approximate surface area is 362 Å². The highest BCUT2D eigenvalue weighted by molar-refractivity contribution is 6.02. The highest BCUT2D eigenvalue weighted by Gasteiger charge is 2.70. The highest BCUT2D eigenvalue weighted by Crippen LogP contribution is 2.69. The SMILES string of the molecule is C[C@H]1C[C@@H]2[C@H]([C@@H](O)C[C@@]3(C)[C@H]2CC[C@]3(O)C(=O)CO)[C@@]2(C)C=CC(=O)C=C12.C[C@H]1C[C@@H]2[C@H]([C@@H](O)C[C@@]3(C)[C@H]2CC[C@]3(O)C(=O)CO)[C@@]2(C)C=CC(=O)C=C12.O=C(O)CCC(=O)O. The molecule has 8 rings (SSSR count). The summed E-state index contributed by atoms with van der Waals surface area (Å²) in [5.41, 5.74) is -3.18. The molecule has 0 bridgehead atoms. The van der Waals surface area contributed by atoms with Gasteiger partial charge in [-0.25, -0.2) is 0 Å². The van der Waals surface area contributed by atoms with Gasteiger partial charge in [0.05, 0.1) is 25.0 Å². The van der Waals surface area contributed by atoms with Crippen LogP contribution in [-0.4, -0.2) is 113 Å². The fourth-order valence-electron chi connectivity index (χ4n) is 14.9. The number of aliphatic hydroxyl groups excluding tert-OH is 4. The van der Waals surface area contributed by atoms with Crippen molar-refractivity contribution in [2.24, 2.45) is 69.0 Å². The number of hydrogen-bond acceptors (Lipinski definition) is 12. The van der Waals surface area contributed by atoms with Gasteiger partial charge in [0, 0.05) is 33.5 Å². The Kier molecular flexibility index (Phi) is 12.9. The van der Waals surface area contributed by atoms with Crippen molar-refractivity contribution in [2.75, 3.05) is 13.2 Å². The molecule has 8 N–H and O–H groups in total. The first-order valence-electron chi connectivity index (χ1n) is 22.2. The zero-order chi connectivity index (χ0) is 46.1. The number of aliphatic hydroxyl groups is 6. The van der Waals surface area contributed by atoms with Crippen LogP contribution in [0.1, 0.15) is 106 Å². The molecule has 14 nitrogen and oxygen atoms in total. The number of carboxylic acids is 2. The van der Waals surface area contributed by atoms with Crippen LogP contribution >= 0.6 is 0 Å². The van der Waals surface area contributed by atoms with Crippen LogP contribution in [0.5, 0.6) is 0 Å². The van der Waals surface area contributed by atoms with E-state index in [0.717, 1.165) is 36.8 Å². The Morgan fingerprint density at radius 3 is 1.27 bits per heavy atom.